The van der Waals surface area contributed by atoms with Crippen molar-refractivity contribution in [3.63, 3.8) is 0 Å². The second-order valence-corrected chi connectivity index (χ2v) is 5.78. The van der Waals surface area contributed by atoms with Crippen LogP contribution in [0.2, 0.25) is 0 Å². The van der Waals surface area contributed by atoms with Gasteiger partial charge in [-0.25, -0.2) is 4.79 Å². The summed E-state index contributed by atoms with van der Waals surface area (Å²) in [6, 6.07) is 9.62. The van der Waals surface area contributed by atoms with E-state index in [0.717, 1.165) is 24.9 Å². The molecule has 1 atom stereocenters. The quantitative estimate of drug-likeness (QED) is 0.929. The van der Waals surface area contributed by atoms with Gasteiger partial charge in [0.05, 0.1) is 0 Å². The maximum Gasteiger partial charge on any atom is 0.407 e. The minimum Gasteiger partial charge on any atom is -0.465 e. The molecule has 22 heavy (non-hydrogen) atoms. The van der Waals surface area contributed by atoms with Crippen molar-refractivity contribution >= 4 is 17.7 Å². The number of nitrogens with zero attached hydrogens (tertiary/aromatic N) is 2. The first-order valence-electron chi connectivity index (χ1n) is 7.95. The fraction of sp³-hybridized carbons (Fsp3) is 0.529. The number of carboxylic acid groups (broad SMARTS) is 1. The summed E-state index contributed by atoms with van der Waals surface area (Å²) in [5, 5.41) is 9.23. The molecule has 1 aliphatic heterocycles. The van der Waals surface area contributed by atoms with Crippen molar-refractivity contribution in [3.05, 3.63) is 30.3 Å². The lowest BCUT2D eigenvalue weighted by molar-refractivity contribution is -0.118. The number of para-hydroxylation sites is 1. The molecule has 1 saturated heterocycles. The minimum atomic E-state index is -0.861. The molecule has 5 heteroatoms. The number of amides is 2. The highest BCUT2D eigenvalue weighted by atomic mass is 16.4. The molecule has 1 aliphatic rings. The highest BCUT2D eigenvalue weighted by molar-refractivity contribution is 5.93. The van der Waals surface area contributed by atoms with Crippen molar-refractivity contribution in [1.29, 1.82) is 0 Å². The van der Waals surface area contributed by atoms with Crippen LogP contribution in [-0.2, 0) is 4.79 Å². The molecule has 1 unspecified atom stereocenters. The van der Waals surface area contributed by atoms with Crippen LogP contribution in [-0.4, -0.2) is 41.6 Å². The SMILES string of the molecule is CCC(=O)N(CC1CCCCN(C(=O)O)C1)c1ccccc1. The molecule has 5 nitrogen and oxygen atoms in total. The Hall–Kier alpha value is -2.04. The second kappa shape index (κ2) is 7.82. The Morgan fingerprint density at radius 2 is 2.00 bits per heavy atom. The number of anilines is 1. The maximum atomic E-state index is 12.3. The van der Waals surface area contributed by atoms with Crippen LogP contribution in [0.1, 0.15) is 32.6 Å². The Kier molecular flexibility index (Phi) is 5.81. The van der Waals surface area contributed by atoms with Crippen LogP contribution in [0.4, 0.5) is 10.5 Å². The van der Waals surface area contributed by atoms with Crippen LogP contribution in [0, 0.1) is 5.92 Å². The first-order chi connectivity index (χ1) is 10.6. The summed E-state index contributed by atoms with van der Waals surface area (Å²) < 4.78 is 0. The maximum absolute atomic E-state index is 12.3. The van der Waals surface area contributed by atoms with Gasteiger partial charge in [0.1, 0.15) is 0 Å². The Morgan fingerprint density at radius 1 is 1.27 bits per heavy atom. The lowest BCUT2D eigenvalue weighted by Gasteiger charge is -2.29. The van der Waals surface area contributed by atoms with Crippen LogP contribution in [0.15, 0.2) is 30.3 Å². The molecule has 0 aromatic heterocycles. The molecule has 0 aliphatic carbocycles. The Balaban J connectivity index is 2.12. The third-order valence-electron chi connectivity index (χ3n) is 4.15. The highest BCUT2D eigenvalue weighted by Crippen LogP contribution is 2.22. The number of hydrogen-bond acceptors (Lipinski definition) is 2. The van der Waals surface area contributed by atoms with Gasteiger partial charge in [-0.1, -0.05) is 31.5 Å². The van der Waals surface area contributed by atoms with Gasteiger partial charge in [0, 0.05) is 31.7 Å². The zero-order valence-electron chi connectivity index (χ0n) is 13.1. The number of carbonyl (C=O) groups is 2. The van der Waals surface area contributed by atoms with Crippen LogP contribution in [0.5, 0.6) is 0 Å². The smallest absolute Gasteiger partial charge is 0.407 e. The van der Waals surface area contributed by atoms with E-state index in [0.29, 0.717) is 26.1 Å². The third-order valence-corrected chi connectivity index (χ3v) is 4.15. The van der Waals surface area contributed by atoms with E-state index in [1.165, 1.54) is 4.90 Å². The summed E-state index contributed by atoms with van der Waals surface area (Å²) in [6.45, 7) is 3.55. The fourth-order valence-corrected chi connectivity index (χ4v) is 2.96. The Bertz CT molecular complexity index is 504. The standard InChI is InChI=1S/C17H24N2O3/c1-2-16(20)19(15-9-4-3-5-10-15)13-14-8-6-7-11-18(12-14)17(21)22/h3-5,9-10,14H,2,6-8,11-13H2,1H3,(H,21,22). The van der Waals surface area contributed by atoms with Gasteiger partial charge < -0.3 is 14.9 Å². The molecule has 1 heterocycles. The molecular formula is C17H24N2O3. The van der Waals surface area contributed by atoms with Crippen molar-refractivity contribution in [2.24, 2.45) is 5.92 Å². The summed E-state index contributed by atoms with van der Waals surface area (Å²) in [4.78, 5) is 26.8. The third kappa shape index (κ3) is 4.23. The van der Waals surface area contributed by atoms with Gasteiger partial charge in [0.2, 0.25) is 5.91 Å². The van der Waals surface area contributed by atoms with Gasteiger partial charge in [-0.05, 0) is 30.9 Å². The van der Waals surface area contributed by atoms with E-state index in [2.05, 4.69) is 0 Å². The molecule has 0 radical (unpaired) electrons. The summed E-state index contributed by atoms with van der Waals surface area (Å²) in [6.07, 6.45) is 2.46. The highest BCUT2D eigenvalue weighted by Gasteiger charge is 2.25. The lowest BCUT2D eigenvalue weighted by atomic mass is 10.0. The largest absolute Gasteiger partial charge is 0.465 e. The van der Waals surface area contributed by atoms with Crippen LogP contribution < -0.4 is 4.90 Å². The first-order valence-corrected chi connectivity index (χ1v) is 7.95. The normalized spacial score (nSPS) is 18.6. The van der Waals surface area contributed by atoms with Gasteiger partial charge in [0.15, 0.2) is 0 Å². The summed E-state index contributed by atoms with van der Waals surface area (Å²) >= 11 is 0. The topological polar surface area (TPSA) is 60.9 Å². The van der Waals surface area contributed by atoms with Crippen molar-refractivity contribution in [2.45, 2.75) is 32.6 Å². The van der Waals surface area contributed by atoms with E-state index < -0.39 is 6.09 Å². The summed E-state index contributed by atoms with van der Waals surface area (Å²) in [5.74, 6) is 0.270. The number of likely N-dealkylation sites (tertiary alicyclic amines) is 1. The van der Waals surface area contributed by atoms with Crippen LogP contribution >= 0.6 is 0 Å². The molecule has 1 fully saturated rings. The van der Waals surface area contributed by atoms with Crippen LogP contribution in [0.3, 0.4) is 0 Å². The molecule has 1 aromatic rings. The van der Waals surface area contributed by atoms with Crippen molar-refractivity contribution < 1.29 is 14.7 Å². The fourth-order valence-electron chi connectivity index (χ4n) is 2.96. The summed E-state index contributed by atoms with van der Waals surface area (Å²) in [7, 11) is 0. The number of rotatable bonds is 4. The predicted molar refractivity (Wildman–Crippen MR) is 86.0 cm³/mol. The monoisotopic (exact) mass is 304 g/mol. The molecule has 120 valence electrons. The second-order valence-electron chi connectivity index (χ2n) is 5.78. The van der Waals surface area contributed by atoms with Gasteiger partial charge in [0.25, 0.3) is 0 Å². The molecule has 1 aromatic carbocycles. The van der Waals surface area contributed by atoms with Gasteiger partial charge in [-0.3, -0.25) is 4.79 Å². The number of benzene rings is 1. The van der Waals surface area contributed by atoms with Crippen molar-refractivity contribution in [3.8, 4) is 0 Å². The first kappa shape index (κ1) is 16.3. The number of carbonyl (C=O) groups excluding carboxylic acids is 1. The average molecular weight is 304 g/mol. The lowest BCUT2D eigenvalue weighted by Crippen LogP contribution is -2.40. The van der Waals surface area contributed by atoms with Gasteiger partial charge in [-0.2, -0.15) is 0 Å². The Morgan fingerprint density at radius 3 is 2.64 bits per heavy atom. The van der Waals surface area contributed by atoms with Crippen molar-refractivity contribution in [2.75, 3.05) is 24.5 Å². The molecule has 0 bridgehead atoms. The van der Waals surface area contributed by atoms with E-state index in [9.17, 15) is 14.7 Å². The molecular weight excluding hydrogens is 280 g/mol. The molecule has 0 spiro atoms. The molecule has 1 N–H and O–H groups in total. The van der Waals surface area contributed by atoms with Crippen molar-refractivity contribution in [1.82, 2.24) is 4.90 Å². The minimum absolute atomic E-state index is 0.0809. The Labute approximate surface area is 131 Å². The summed E-state index contributed by atoms with van der Waals surface area (Å²) in [5.41, 5.74) is 0.889. The van der Waals surface area contributed by atoms with E-state index in [1.54, 1.807) is 4.90 Å². The van der Waals surface area contributed by atoms with E-state index in [4.69, 9.17) is 0 Å². The van der Waals surface area contributed by atoms with Gasteiger partial charge in [-0.15, -0.1) is 0 Å². The van der Waals surface area contributed by atoms with E-state index in [1.807, 2.05) is 37.3 Å². The zero-order chi connectivity index (χ0) is 15.9. The van der Waals surface area contributed by atoms with E-state index >= 15 is 0 Å². The van der Waals surface area contributed by atoms with E-state index in [-0.39, 0.29) is 11.8 Å². The van der Waals surface area contributed by atoms with Crippen LogP contribution in [0.25, 0.3) is 0 Å². The van der Waals surface area contributed by atoms with Gasteiger partial charge >= 0.3 is 6.09 Å². The molecule has 2 amide bonds. The number of hydrogen-bond donors (Lipinski definition) is 1. The molecule has 2 rings (SSSR count). The predicted octanol–water partition coefficient (Wildman–Crippen LogP) is 3.21. The average Bonchev–Trinajstić information content (AvgIpc) is 2.78. The zero-order valence-corrected chi connectivity index (χ0v) is 13.1. The molecule has 0 saturated carbocycles.